The van der Waals surface area contributed by atoms with Crippen LogP contribution in [0.1, 0.15) is 11.3 Å². The van der Waals surface area contributed by atoms with Gasteiger partial charge in [0.2, 0.25) is 0 Å². The molecule has 0 unspecified atom stereocenters. The Morgan fingerprint density at radius 1 is 0.966 bits per heavy atom. The van der Waals surface area contributed by atoms with Crippen molar-refractivity contribution in [3.63, 3.8) is 0 Å². The summed E-state index contributed by atoms with van der Waals surface area (Å²) in [6, 6.07) is 14.6. The number of cyclic esters (lactones) is 1. The van der Waals surface area contributed by atoms with E-state index in [1.165, 1.54) is 12.1 Å². The summed E-state index contributed by atoms with van der Waals surface area (Å²) in [5, 5.41) is 11.7. The van der Waals surface area contributed by atoms with E-state index in [1.807, 2.05) is 0 Å². The molecular formula is C21H11Cl2NO5. The van der Waals surface area contributed by atoms with Gasteiger partial charge in [-0.3, -0.25) is 10.1 Å². The summed E-state index contributed by atoms with van der Waals surface area (Å²) in [5.74, 6) is 0.719. The second kappa shape index (κ2) is 7.58. The van der Waals surface area contributed by atoms with Crippen LogP contribution in [0.3, 0.4) is 0 Å². The van der Waals surface area contributed by atoms with Gasteiger partial charge in [-0.25, -0.2) is 4.79 Å². The molecule has 0 radical (unpaired) electrons. The van der Waals surface area contributed by atoms with Gasteiger partial charge in [0, 0.05) is 22.2 Å². The van der Waals surface area contributed by atoms with E-state index in [-0.39, 0.29) is 10.7 Å². The maximum absolute atomic E-state index is 12.2. The smallest absolute Gasteiger partial charge is 0.343 e. The first-order chi connectivity index (χ1) is 13.9. The molecule has 3 aromatic rings. The van der Waals surface area contributed by atoms with E-state index >= 15 is 0 Å². The molecule has 0 spiro atoms. The van der Waals surface area contributed by atoms with E-state index in [2.05, 4.69) is 0 Å². The number of hydrogen-bond donors (Lipinski definition) is 0. The molecular weight excluding hydrogens is 417 g/mol. The fraction of sp³-hybridized carbons (Fsp3) is 0. The third-order valence-electron chi connectivity index (χ3n) is 4.21. The Kier molecular flexibility index (Phi) is 4.96. The van der Waals surface area contributed by atoms with E-state index in [4.69, 9.17) is 32.4 Å². The summed E-state index contributed by atoms with van der Waals surface area (Å²) in [6.45, 7) is 0. The molecule has 144 valence electrons. The van der Waals surface area contributed by atoms with E-state index in [1.54, 1.807) is 54.6 Å². The number of furan rings is 1. The van der Waals surface area contributed by atoms with Crippen LogP contribution in [-0.4, -0.2) is 10.9 Å². The zero-order valence-corrected chi connectivity index (χ0v) is 16.1. The number of carbonyl (C=O) groups is 1. The predicted octanol–water partition coefficient (Wildman–Crippen LogP) is 6.14. The number of hydrogen-bond acceptors (Lipinski definition) is 5. The van der Waals surface area contributed by atoms with Gasteiger partial charge in [0.25, 0.3) is 5.69 Å². The lowest BCUT2D eigenvalue weighted by Crippen LogP contribution is -1.96. The second-order valence-corrected chi connectivity index (χ2v) is 6.97. The highest BCUT2D eigenvalue weighted by Gasteiger charge is 2.22. The largest absolute Gasteiger partial charge is 0.457 e. The topological polar surface area (TPSA) is 82.6 Å². The van der Waals surface area contributed by atoms with E-state index in [9.17, 15) is 14.9 Å². The molecule has 1 aromatic heterocycles. The van der Waals surface area contributed by atoms with Crippen molar-refractivity contribution in [1.29, 1.82) is 0 Å². The molecule has 0 fully saturated rings. The van der Waals surface area contributed by atoms with Crippen molar-refractivity contribution >= 4 is 46.7 Å². The van der Waals surface area contributed by atoms with Crippen molar-refractivity contribution in [2.75, 3.05) is 0 Å². The Balaban J connectivity index is 1.62. The second-order valence-electron chi connectivity index (χ2n) is 6.13. The lowest BCUT2D eigenvalue weighted by molar-refractivity contribution is -0.384. The van der Waals surface area contributed by atoms with Gasteiger partial charge in [-0.1, -0.05) is 23.2 Å². The van der Waals surface area contributed by atoms with Gasteiger partial charge in [-0.05, 0) is 60.7 Å². The van der Waals surface area contributed by atoms with Crippen LogP contribution in [0.2, 0.25) is 10.0 Å². The summed E-state index contributed by atoms with van der Waals surface area (Å²) in [4.78, 5) is 22.7. The van der Waals surface area contributed by atoms with Crippen molar-refractivity contribution in [3.8, 4) is 11.3 Å². The fourth-order valence-corrected chi connectivity index (χ4v) is 3.10. The standard InChI is InChI=1S/C21H11Cl2NO5/c22-15-4-1-12(2-5-15)20-11-14(21(25)29-20)9-16-6-8-19(28-16)13-3-7-17(23)18(10-13)24(26)27/h1-11H/b14-9-. The summed E-state index contributed by atoms with van der Waals surface area (Å²) in [5.41, 5.74) is 1.32. The number of rotatable bonds is 4. The number of esters is 1. The van der Waals surface area contributed by atoms with Crippen molar-refractivity contribution in [2.45, 2.75) is 0 Å². The van der Waals surface area contributed by atoms with Crippen LogP contribution in [0.5, 0.6) is 0 Å². The van der Waals surface area contributed by atoms with Crippen molar-refractivity contribution in [1.82, 2.24) is 0 Å². The zero-order valence-electron chi connectivity index (χ0n) is 14.6. The average molecular weight is 428 g/mol. The average Bonchev–Trinajstić information content (AvgIpc) is 3.30. The minimum absolute atomic E-state index is 0.0428. The summed E-state index contributed by atoms with van der Waals surface area (Å²) in [7, 11) is 0. The molecule has 1 aliphatic heterocycles. The zero-order chi connectivity index (χ0) is 20.5. The number of ether oxygens (including phenoxy) is 1. The van der Waals surface area contributed by atoms with Crippen molar-refractivity contribution in [3.05, 3.63) is 97.7 Å². The first-order valence-electron chi connectivity index (χ1n) is 8.36. The first kappa shape index (κ1) is 19.0. The van der Waals surface area contributed by atoms with Gasteiger partial charge in [0.05, 0.1) is 10.5 Å². The number of benzene rings is 2. The molecule has 4 rings (SSSR count). The van der Waals surface area contributed by atoms with Gasteiger partial charge >= 0.3 is 5.97 Å². The van der Waals surface area contributed by atoms with Crippen molar-refractivity contribution in [2.24, 2.45) is 0 Å². The Bertz CT molecular complexity index is 1190. The molecule has 1 aliphatic rings. The lowest BCUT2D eigenvalue weighted by Gasteiger charge is -2.01. The molecule has 0 N–H and O–H groups in total. The highest BCUT2D eigenvalue weighted by Crippen LogP contribution is 2.33. The number of nitro benzene ring substituents is 1. The summed E-state index contributed by atoms with van der Waals surface area (Å²) >= 11 is 11.7. The highest BCUT2D eigenvalue weighted by atomic mass is 35.5. The number of nitrogens with zero attached hydrogens (tertiary/aromatic N) is 1. The molecule has 29 heavy (non-hydrogen) atoms. The molecule has 0 amide bonds. The molecule has 0 saturated carbocycles. The maximum Gasteiger partial charge on any atom is 0.343 e. The minimum atomic E-state index is -0.560. The lowest BCUT2D eigenvalue weighted by atomic mass is 10.1. The molecule has 6 nitrogen and oxygen atoms in total. The molecule has 0 aliphatic carbocycles. The van der Waals surface area contributed by atoms with E-state index in [0.717, 1.165) is 5.56 Å². The van der Waals surface area contributed by atoms with Crippen LogP contribution < -0.4 is 0 Å². The van der Waals surface area contributed by atoms with Crippen LogP contribution in [0.4, 0.5) is 5.69 Å². The minimum Gasteiger partial charge on any atom is -0.457 e. The third-order valence-corrected chi connectivity index (χ3v) is 4.78. The van der Waals surface area contributed by atoms with Crippen LogP contribution in [-0.2, 0) is 9.53 Å². The number of halogens is 2. The predicted molar refractivity (Wildman–Crippen MR) is 109 cm³/mol. The van der Waals surface area contributed by atoms with Crippen LogP contribution in [0.25, 0.3) is 23.2 Å². The molecule has 0 saturated heterocycles. The van der Waals surface area contributed by atoms with Crippen molar-refractivity contribution < 1.29 is 18.9 Å². The van der Waals surface area contributed by atoms with Gasteiger partial charge in [-0.2, -0.15) is 0 Å². The Labute approximate surface area is 174 Å². The summed E-state index contributed by atoms with van der Waals surface area (Å²) < 4.78 is 11.0. The SMILES string of the molecule is O=C1OC(c2ccc(Cl)cc2)=C/C1=C/c1ccc(-c2ccc(Cl)c([N+](=O)[O-])c2)o1. The molecule has 2 aromatic carbocycles. The van der Waals surface area contributed by atoms with Gasteiger partial charge in [0.1, 0.15) is 22.3 Å². The fourth-order valence-electron chi connectivity index (χ4n) is 2.79. The number of carbonyl (C=O) groups excluding carboxylic acids is 1. The highest BCUT2D eigenvalue weighted by molar-refractivity contribution is 6.32. The van der Waals surface area contributed by atoms with Crippen LogP contribution >= 0.6 is 23.2 Å². The first-order valence-corrected chi connectivity index (χ1v) is 9.12. The molecule has 2 heterocycles. The Morgan fingerprint density at radius 2 is 1.69 bits per heavy atom. The molecule has 0 atom stereocenters. The Hall–Kier alpha value is -3.35. The van der Waals surface area contributed by atoms with Crippen LogP contribution in [0.15, 0.2) is 70.7 Å². The Morgan fingerprint density at radius 3 is 2.41 bits per heavy atom. The van der Waals surface area contributed by atoms with Crippen LogP contribution in [0, 0.1) is 10.1 Å². The monoisotopic (exact) mass is 427 g/mol. The molecule has 8 heteroatoms. The van der Waals surface area contributed by atoms with E-state index < -0.39 is 10.9 Å². The third kappa shape index (κ3) is 3.94. The maximum atomic E-state index is 12.2. The normalized spacial score (nSPS) is 14.8. The number of nitro groups is 1. The molecule has 0 bridgehead atoms. The quantitative estimate of drug-likeness (QED) is 0.216. The van der Waals surface area contributed by atoms with Gasteiger partial charge < -0.3 is 9.15 Å². The van der Waals surface area contributed by atoms with E-state index in [0.29, 0.717) is 33.4 Å². The summed E-state index contributed by atoms with van der Waals surface area (Å²) in [6.07, 6.45) is 3.15. The van der Waals surface area contributed by atoms with Gasteiger partial charge in [-0.15, -0.1) is 0 Å². The van der Waals surface area contributed by atoms with Gasteiger partial charge in [0.15, 0.2) is 0 Å².